The molecule has 1 rings (SSSR count). The molecule has 0 radical (unpaired) electrons. The van der Waals surface area contributed by atoms with Crippen LogP contribution in [0.5, 0.6) is 5.75 Å². The zero-order valence-corrected chi connectivity index (χ0v) is 8.96. The number of halogens is 1. The highest BCUT2D eigenvalue weighted by Gasteiger charge is 1.95. The molecule has 1 aromatic rings. The Morgan fingerprint density at radius 2 is 2.21 bits per heavy atom. The van der Waals surface area contributed by atoms with E-state index < -0.39 is 0 Å². The summed E-state index contributed by atoms with van der Waals surface area (Å²) < 4.78 is 10.5. The molecule has 1 heterocycles. The first-order valence-corrected chi connectivity index (χ1v) is 5.11. The lowest BCUT2D eigenvalue weighted by Gasteiger charge is -2.05. The van der Waals surface area contributed by atoms with Crippen LogP contribution in [0.1, 0.15) is 12.6 Å². The second-order valence-electron chi connectivity index (χ2n) is 2.66. The standard InChI is InChI=1S/C10H14ClNO2/c1-2-13-5-6-14-10-4-3-9(7-11)12-8-10/h3-4,8H,2,5-7H2,1H3. The average molecular weight is 216 g/mol. The summed E-state index contributed by atoms with van der Waals surface area (Å²) in [4.78, 5) is 4.10. The summed E-state index contributed by atoms with van der Waals surface area (Å²) in [5, 5.41) is 0. The molecule has 3 nitrogen and oxygen atoms in total. The Kier molecular flexibility index (Phi) is 5.33. The molecule has 0 fully saturated rings. The van der Waals surface area contributed by atoms with Gasteiger partial charge < -0.3 is 9.47 Å². The zero-order valence-electron chi connectivity index (χ0n) is 8.20. The molecule has 0 spiro atoms. The lowest BCUT2D eigenvalue weighted by molar-refractivity contribution is 0.110. The minimum Gasteiger partial charge on any atom is -0.490 e. The molecule has 0 unspecified atom stereocenters. The maximum absolute atomic E-state index is 5.60. The van der Waals surface area contributed by atoms with Crippen LogP contribution in [-0.4, -0.2) is 24.8 Å². The van der Waals surface area contributed by atoms with Crippen LogP contribution in [0.25, 0.3) is 0 Å². The van der Waals surface area contributed by atoms with Crippen molar-refractivity contribution in [3.63, 3.8) is 0 Å². The number of pyridine rings is 1. The summed E-state index contributed by atoms with van der Waals surface area (Å²) >= 11 is 5.60. The van der Waals surface area contributed by atoms with Crippen LogP contribution >= 0.6 is 11.6 Å². The van der Waals surface area contributed by atoms with Gasteiger partial charge in [0.25, 0.3) is 0 Å². The third-order valence-electron chi connectivity index (χ3n) is 1.64. The molecular formula is C10H14ClNO2. The van der Waals surface area contributed by atoms with Crippen molar-refractivity contribution in [3.05, 3.63) is 24.0 Å². The number of aromatic nitrogens is 1. The third-order valence-corrected chi connectivity index (χ3v) is 1.91. The molecule has 14 heavy (non-hydrogen) atoms. The second-order valence-corrected chi connectivity index (χ2v) is 2.93. The van der Waals surface area contributed by atoms with Crippen LogP contribution in [0.15, 0.2) is 18.3 Å². The van der Waals surface area contributed by atoms with E-state index in [1.54, 1.807) is 6.20 Å². The second kappa shape index (κ2) is 6.62. The van der Waals surface area contributed by atoms with Gasteiger partial charge in [0, 0.05) is 6.61 Å². The number of hydrogen-bond acceptors (Lipinski definition) is 3. The van der Waals surface area contributed by atoms with Crippen LogP contribution < -0.4 is 4.74 Å². The van der Waals surface area contributed by atoms with E-state index in [0.717, 1.165) is 11.4 Å². The normalized spacial score (nSPS) is 10.1. The summed E-state index contributed by atoms with van der Waals surface area (Å²) in [5.41, 5.74) is 0.851. The van der Waals surface area contributed by atoms with Crippen LogP contribution in [0.3, 0.4) is 0 Å². The zero-order chi connectivity index (χ0) is 10.2. The molecular weight excluding hydrogens is 202 g/mol. The molecule has 0 saturated heterocycles. The fourth-order valence-corrected chi connectivity index (χ4v) is 1.10. The van der Waals surface area contributed by atoms with Gasteiger partial charge in [0.1, 0.15) is 12.4 Å². The number of ether oxygens (including phenoxy) is 2. The minimum atomic E-state index is 0.430. The summed E-state index contributed by atoms with van der Waals surface area (Å²) in [6.45, 7) is 3.83. The predicted molar refractivity (Wildman–Crippen MR) is 55.8 cm³/mol. The van der Waals surface area contributed by atoms with E-state index >= 15 is 0 Å². The Bertz CT molecular complexity index is 251. The Morgan fingerprint density at radius 1 is 1.36 bits per heavy atom. The van der Waals surface area contributed by atoms with Crippen molar-refractivity contribution in [2.75, 3.05) is 19.8 Å². The van der Waals surface area contributed by atoms with Gasteiger partial charge in [0.15, 0.2) is 0 Å². The van der Waals surface area contributed by atoms with Gasteiger partial charge in [-0.25, -0.2) is 0 Å². The molecule has 0 aliphatic carbocycles. The SMILES string of the molecule is CCOCCOc1ccc(CCl)nc1. The van der Waals surface area contributed by atoms with Gasteiger partial charge in [0.2, 0.25) is 0 Å². The van der Waals surface area contributed by atoms with Crippen molar-refractivity contribution in [2.45, 2.75) is 12.8 Å². The highest BCUT2D eigenvalue weighted by Crippen LogP contribution is 2.09. The first kappa shape index (κ1) is 11.3. The van der Waals surface area contributed by atoms with Gasteiger partial charge in [-0.2, -0.15) is 0 Å². The molecule has 0 aliphatic rings. The third kappa shape index (κ3) is 3.94. The molecule has 78 valence electrons. The Balaban J connectivity index is 2.29. The topological polar surface area (TPSA) is 31.4 Å². The van der Waals surface area contributed by atoms with Gasteiger partial charge in [-0.3, -0.25) is 4.98 Å². The molecule has 0 atom stereocenters. The van der Waals surface area contributed by atoms with Gasteiger partial charge in [-0.05, 0) is 19.1 Å². The van der Waals surface area contributed by atoms with Crippen LogP contribution in [0, 0.1) is 0 Å². The first-order chi connectivity index (χ1) is 6.86. The Morgan fingerprint density at radius 3 is 2.79 bits per heavy atom. The van der Waals surface area contributed by atoms with E-state index in [1.807, 2.05) is 19.1 Å². The molecule has 0 amide bonds. The highest BCUT2D eigenvalue weighted by atomic mass is 35.5. The number of nitrogens with zero attached hydrogens (tertiary/aromatic N) is 1. The van der Waals surface area contributed by atoms with Gasteiger partial charge in [0.05, 0.1) is 24.4 Å². The van der Waals surface area contributed by atoms with Crippen molar-refractivity contribution >= 4 is 11.6 Å². The van der Waals surface area contributed by atoms with Crippen molar-refractivity contribution in [1.29, 1.82) is 0 Å². The van der Waals surface area contributed by atoms with Gasteiger partial charge in [-0.1, -0.05) is 0 Å². The lowest BCUT2D eigenvalue weighted by atomic mass is 10.4. The van der Waals surface area contributed by atoms with E-state index in [-0.39, 0.29) is 0 Å². The largest absolute Gasteiger partial charge is 0.490 e. The van der Waals surface area contributed by atoms with E-state index in [4.69, 9.17) is 21.1 Å². The van der Waals surface area contributed by atoms with E-state index in [2.05, 4.69) is 4.98 Å². The highest BCUT2D eigenvalue weighted by molar-refractivity contribution is 6.16. The summed E-state index contributed by atoms with van der Waals surface area (Å²) in [5.74, 6) is 1.18. The molecule has 0 saturated carbocycles. The van der Waals surface area contributed by atoms with E-state index in [1.165, 1.54) is 0 Å². The average Bonchev–Trinajstić information content (AvgIpc) is 2.25. The van der Waals surface area contributed by atoms with Crippen LogP contribution in [-0.2, 0) is 10.6 Å². The predicted octanol–water partition coefficient (Wildman–Crippen LogP) is 2.24. The molecule has 0 bridgehead atoms. The lowest BCUT2D eigenvalue weighted by Crippen LogP contribution is -2.06. The fourth-order valence-electron chi connectivity index (χ4n) is 0.938. The molecule has 1 aromatic heterocycles. The van der Waals surface area contributed by atoms with Crippen molar-refractivity contribution in [2.24, 2.45) is 0 Å². The summed E-state index contributed by atoms with van der Waals surface area (Å²) in [6, 6.07) is 3.71. The quantitative estimate of drug-likeness (QED) is 0.539. The molecule has 0 N–H and O–H groups in total. The molecule has 0 aliphatic heterocycles. The van der Waals surface area contributed by atoms with Crippen LogP contribution in [0.2, 0.25) is 0 Å². The van der Waals surface area contributed by atoms with Gasteiger partial charge >= 0.3 is 0 Å². The first-order valence-electron chi connectivity index (χ1n) is 4.58. The molecule has 4 heteroatoms. The number of rotatable bonds is 6. The van der Waals surface area contributed by atoms with E-state index in [0.29, 0.717) is 25.7 Å². The summed E-state index contributed by atoms with van der Waals surface area (Å²) in [6.07, 6.45) is 1.67. The summed E-state index contributed by atoms with van der Waals surface area (Å²) in [7, 11) is 0. The monoisotopic (exact) mass is 215 g/mol. The maximum atomic E-state index is 5.60. The van der Waals surface area contributed by atoms with Gasteiger partial charge in [-0.15, -0.1) is 11.6 Å². The minimum absolute atomic E-state index is 0.430. The number of alkyl halides is 1. The number of hydrogen-bond donors (Lipinski definition) is 0. The Hall–Kier alpha value is -0.800. The molecule has 0 aromatic carbocycles. The van der Waals surface area contributed by atoms with Crippen molar-refractivity contribution in [3.8, 4) is 5.75 Å². The van der Waals surface area contributed by atoms with E-state index in [9.17, 15) is 0 Å². The van der Waals surface area contributed by atoms with Crippen molar-refractivity contribution < 1.29 is 9.47 Å². The maximum Gasteiger partial charge on any atom is 0.137 e. The van der Waals surface area contributed by atoms with Crippen molar-refractivity contribution in [1.82, 2.24) is 4.98 Å². The fraction of sp³-hybridized carbons (Fsp3) is 0.500. The Labute approximate surface area is 89.0 Å². The smallest absolute Gasteiger partial charge is 0.137 e. The van der Waals surface area contributed by atoms with Crippen LogP contribution in [0.4, 0.5) is 0 Å².